The minimum Gasteiger partial charge on any atom is -0.361 e. The minimum atomic E-state index is 0.0592. The van der Waals surface area contributed by atoms with Crippen LogP contribution >= 0.6 is 0 Å². The van der Waals surface area contributed by atoms with Crippen LogP contribution in [0.25, 0.3) is 10.9 Å². The molecule has 3 rings (SSSR count). The van der Waals surface area contributed by atoms with Gasteiger partial charge in [-0.2, -0.15) is 0 Å². The van der Waals surface area contributed by atoms with Crippen LogP contribution in [0.2, 0.25) is 0 Å². The van der Waals surface area contributed by atoms with Crippen LogP contribution in [0.3, 0.4) is 0 Å². The van der Waals surface area contributed by atoms with Gasteiger partial charge in [0.1, 0.15) is 0 Å². The van der Waals surface area contributed by atoms with Crippen LogP contribution < -0.4 is 5.32 Å². The van der Waals surface area contributed by atoms with Gasteiger partial charge in [-0.05, 0) is 29.5 Å². The van der Waals surface area contributed by atoms with Gasteiger partial charge >= 0.3 is 0 Å². The Balaban J connectivity index is 1.73. The number of H-pyrrole nitrogens is 1. The van der Waals surface area contributed by atoms with Gasteiger partial charge in [0.25, 0.3) is 0 Å². The molecule has 0 unspecified atom stereocenters. The van der Waals surface area contributed by atoms with Crippen LogP contribution in [0.4, 0.5) is 0 Å². The summed E-state index contributed by atoms with van der Waals surface area (Å²) in [5.41, 5.74) is 3.28. The topological polar surface area (TPSA) is 44.9 Å². The van der Waals surface area contributed by atoms with Crippen LogP contribution in [-0.4, -0.2) is 10.9 Å². The molecule has 0 bridgehead atoms. The highest BCUT2D eigenvalue weighted by molar-refractivity contribution is 5.88. The van der Waals surface area contributed by atoms with Crippen molar-refractivity contribution >= 4 is 16.8 Å². The summed E-state index contributed by atoms with van der Waals surface area (Å²) in [6.07, 6.45) is 3.26. The number of aromatic amines is 1. The average Bonchev–Trinajstić information content (AvgIpc) is 2.98. The molecule has 0 aliphatic rings. The summed E-state index contributed by atoms with van der Waals surface area (Å²) in [7, 11) is 0. The third-order valence-electron chi connectivity index (χ3n) is 4.27. The first-order valence-electron chi connectivity index (χ1n) is 8.53. The van der Waals surface area contributed by atoms with Gasteiger partial charge in [-0.1, -0.05) is 62.4 Å². The molecule has 0 spiro atoms. The zero-order valence-corrected chi connectivity index (χ0v) is 14.3. The second-order valence-electron chi connectivity index (χ2n) is 6.70. The lowest BCUT2D eigenvalue weighted by atomic mass is 9.96. The van der Waals surface area contributed by atoms with Gasteiger partial charge in [-0.3, -0.25) is 4.79 Å². The molecule has 2 aromatic carbocycles. The molecule has 0 fully saturated rings. The monoisotopic (exact) mass is 320 g/mol. The molecule has 2 N–H and O–H groups in total. The van der Waals surface area contributed by atoms with Crippen molar-refractivity contribution in [3.05, 3.63) is 71.9 Å². The molecule has 3 aromatic rings. The van der Waals surface area contributed by atoms with Crippen molar-refractivity contribution in [1.29, 1.82) is 0 Å². The van der Waals surface area contributed by atoms with Crippen molar-refractivity contribution < 1.29 is 4.79 Å². The molecule has 0 aliphatic heterocycles. The summed E-state index contributed by atoms with van der Waals surface area (Å²) in [4.78, 5) is 15.8. The van der Waals surface area contributed by atoms with E-state index < -0.39 is 0 Å². The molecule has 1 atom stereocenters. The maximum Gasteiger partial charge on any atom is 0.224 e. The Morgan fingerprint density at radius 2 is 1.75 bits per heavy atom. The molecule has 3 heteroatoms. The van der Waals surface area contributed by atoms with E-state index in [1.54, 1.807) is 0 Å². The number of hydrogen-bond donors (Lipinski definition) is 2. The molecule has 0 radical (unpaired) electrons. The first kappa shape index (κ1) is 16.3. The number of nitrogens with one attached hydrogen (secondary N) is 2. The SMILES string of the molecule is CC(C)C[C@H](NC(=O)Cc1c[nH]c2ccccc12)c1ccccc1. The highest BCUT2D eigenvalue weighted by atomic mass is 16.1. The Morgan fingerprint density at radius 3 is 2.50 bits per heavy atom. The van der Waals surface area contributed by atoms with E-state index in [0.717, 1.165) is 22.9 Å². The van der Waals surface area contributed by atoms with E-state index in [1.807, 2.05) is 42.6 Å². The maximum absolute atomic E-state index is 12.6. The van der Waals surface area contributed by atoms with E-state index in [0.29, 0.717) is 12.3 Å². The highest BCUT2D eigenvalue weighted by Crippen LogP contribution is 2.22. The average molecular weight is 320 g/mol. The van der Waals surface area contributed by atoms with Crippen LogP contribution in [-0.2, 0) is 11.2 Å². The molecule has 1 aromatic heterocycles. The van der Waals surface area contributed by atoms with E-state index in [2.05, 4.69) is 42.3 Å². The maximum atomic E-state index is 12.6. The number of carbonyl (C=O) groups is 1. The lowest BCUT2D eigenvalue weighted by Gasteiger charge is -2.21. The van der Waals surface area contributed by atoms with Crippen molar-refractivity contribution in [3.63, 3.8) is 0 Å². The molecule has 0 aliphatic carbocycles. The number of rotatable bonds is 6. The third-order valence-corrected chi connectivity index (χ3v) is 4.27. The number of carbonyl (C=O) groups excluding carboxylic acids is 1. The first-order chi connectivity index (χ1) is 11.6. The van der Waals surface area contributed by atoms with E-state index in [4.69, 9.17) is 0 Å². The first-order valence-corrected chi connectivity index (χ1v) is 8.53. The molecule has 1 amide bonds. The molecule has 1 heterocycles. The van der Waals surface area contributed by atoms with E-state index >= 15 is 0 Å². The number of fused-ring (bicyclic) bond motifs is 1. The fourth-order valence-corrected chi connectivity index (χ4v) is 3.13. The largest absolute Gasteiger partial charge is 0.361 e. The number of para-hydroxylation sites is 1. The van der Waals surface area contributed by atoms with Gasteiger partial charge in [0, 0.05) is 17.1 Å². The fourth-order valence-electron chi connectivity index (χ4n) is 3.13. The van der Waals surface area contributed by atoms with Crippen molar-refractivity contribution in [3.8, 4) is 0 Å². The van der Waals surface area contributed by atoms with Gasteiger partial charge in [-0.15, -0.1) is 0 Å². The third kappa shape index (κ3) is 3.85. The molecule has 0 saturated heterocycles. The molecular weight excluding hydrogens is 296 g/mol. The Labute approximate surface area is 143 Å². The van der Waals surface area contributed by atoms with Gasteiger partial charge in [-0.25, -0.2) is 0 Å². The summed E-state index contributed by atoms with van der Waals surface area (Å²) in [6, 6.07) is 18.4. The van der Waals surface area contributed by atoms with Crippen molar-refractivity contribution in [2.45, 2.75) is 32.7 Å². The second-order valence-corrected chi connectivity index (χ2v) is 6.70. The number of benzene rings is 2. The standard InChI is InChI=1S/C21H24N2O/c1-15(2)12-20(16-8-4-3-5-9-16)23-21(24)13-17-14-22-19-11-7-6-10-18(17)19/h3-11,14-15,20,22H,12-13H2,1-2H3,(H,23,24)/t20-/m0/s1. The summed E-state index contributed by atoms with van der Waals surface area (Å²) in [6.45, 7) is 4.36. The van der Waals surface area contributed by atoms with Crippen molar-refractivity contribution in [1.82, 2.24) is 10.3 Å². The smallest absolute Gasteiger partial charge is 0.224 e. The van der Waals surface area contributed by atoms with Crippen LogP contribution in [0, 0.1) is 5.92 Å². The fraction of sp³-hybridized carbons (Fsp3) is 0.286. The van der Waals surface area contributed by atoms with Crippen LogP contribution in [0.1, 0.15) is 37.4 Å². The Bertz CT molecular complexity index is 805. The van der Waals surface area contributed by atoms with E-state index in [-0.39, 0.29) is 11.9 Å². The highest BCUT2D eigenvalue weighted by Gasteiger charge is 2.17. The van der Waals surface area contributed by atoms with Gasteiger partial charge in [0.15, 0.2) is 0 Å². The van der Waals surface area contributed by atoms with Crippen molar-refractivity contribution in [2.24, 2.45) is 5.92 Å². The molecule has 124 valence electrons. The van der Waals surface area contributed by atoms with Crippen molar-refractivity contribution in [2.75, 3.05) is 0 Å². The predicted molar refractivity (Wildman–Crippen MR) is 98.8 cm³/mol. The van der Waals surface area contributed by atoms with Crippen LogP contribution in [0.5, 0.6) is 0 Å². The van der Waals surface area contributed by atoms with Gasteiger partial charge in [0.2, 0.25) is 5.91 Å². The number of hydrogen-bond acceptors (Lipinski definition) is 1. The molecule has 0 saturated carbocycles. The second kappa shape index (κ2) is 7.35. The normalized spacial score (nSPS) is 12.5. The molecular formula is C21H24N2O. The molecule has 24 heavy (non-hydrogen) atoms. The Morgan fingerprint density at radius 1 is 1.04 bits per heavy atom. The summed E-state index contributed by atoms with van der Waals surface area (Å²) in [5.74, 6) is 0.581. The zero-order valence-electron chi connectivity index (χ0n) is 14.3. The lowest BCUT2D eigenvalue weighted by molar-refractivity contribution is -0.121. The summed E-state index contributed by atoms with van der Waals surface area (Å²) >= 11 is 0. The van der Waals surface area contributed by atoms with Gasteiger partial charge in [0.05, 0.1) is 12.5 Å². The summed E-state index contributed by atoms with van der Waals surface area (Å²) < 4.78 is 0. The van der Waals surface area contributed by atoms with Gasteiger partial charge < -0.3 is 10.3 Å². The van der Waals surface area contributed by atoms with Crippen LogP contribution in [0.15, 0.2) is 60.8 Å². The Hall–Kier alpha value is -2.55. The van der Waals surface area contributed by atoms with E-state index in [1.165, 1.54) is 5.56 Å². The quantitative estimate of drug-likeness (QED) is 0.684. The minimum absolute atomic E-state index is 0.0592. The number of amides is 1. The van der Waals surface area contributed by atoms with E-state index in [9.17, 15) is 4.79 Å². The zero-order chi connectivity index (χ0) is 16.9. The summed E-state index contributed by atoms with van der Waals surface area (Å²) in [5, 5.41) is 4.33. The Kier molecular flexibility index (Phi) is 4.99. The number of aromatic nitrogens is 1. The lowest BCUT2D eigenvalue weighted by Crippen LogP contribution is -2.30. The molecule has 3 nitrogen and oxygen atoms in total. The predicted octanol–water partition coefficient (Wildman–Crippen LogP) is 4.61.